The maximum atomic E-state index is 12.8. The van der Waals surface area contributed by atoms with Crippen molar-refractivity contribution in [2.75, 3.05) is 7.11 Å². The van der Waals surface area contributed by atoms with Gasteiger partial charge in [0.1, 0.15) is 5.69 Å². The first-order valence-electron chi connectivity index (χ1n) is 6.66. The van der Waals surface area contributed by atoms with Gasteiger partial charge in [0.15, 0.2) is 11.5 Å². The lowest BCUT2D eigenvalue weighted by Crippen LogP contribution is -2.28. The minimum absolute atomic E-state index is 0.165. The van der Waals surface area contributed by atoms with Crippen LogP contribution in [0.4, 0.5) is 0 Å². The Bertz CT molecular complexity index is 443. The van der Waals surface area contributed by atoms with Crippen LogP contribution in [0.2, 0.25) is 0 Å². The third-order valence-corrected chi connectivity index (χ3v) is 3.94. The molecule has 18 heavy (non-hydrogen) atoms. The van der Waals surface area contributed by atoms with Crippen molar-refractivity contribution in [1.82, 2.24) is 9.78 Å². The molecule has 0 amide bonds. The number of ketones is 1. The van der Waals surface area contributed by atoms with Crippen LogP contribution >= 0.6 is 0 Å². The van der Waals surface area contributed by atoms with E-state index in [1.165, 1.54) is 0 Å². The van der Waals surface area contributed by atoms with Crippen LogP contribution in [-0.2, 0) is 0 Å². The molecule has 0 N–H and O–H groups in total. The van der Waals surface area contributed by atoms with Gasteiger partial charge in [0, 0.05) is 11.5 Å². The fourth-order valence-corrected chi connectivity index (χ4v) is 2.77. The highest BCUT2D eigenvalue weighted by Crippen LogP contribution is 2.42. The second kappa shape index (κ2) is 4.75. The second-order valence-electron chi connectivity index (χ2n) is 5.70. The highest BCUT2D eigenvalue weighted by atomic mass is 16.5. The number of Topliss-reactive ketones (excluding diaryl/α,β-unsaturated/α-hetero) is 1. The molecule has 0 bridgehead atoms. The lowest BCUT2D eigenvalue weighted by Gasteiger charge is -2.23. The number of aromatic nitrogens is 2. The standard InChI is InChI=1S/C14H22N2O2/c1-10(2)16-12(11(18-4)9-15-16)13(17)14(3)7-5-6-8-14/h9-10H,5-8H2,1-4H3. The van der Waals surface area contributed by atoms with Gasteiger partial charge in [0.05, 0.1) is 13.3 Å². The molecule has 4 nitrogen and oxygen atoms in total. The van der Waals surface area contributed by atoms with Crippen LogP contribution in [-0.4, -0.2) is 22.7 Å². The van der Waals surface area contributed by atoms with Gasteiger partial charge in [0.2, 0.25) is 0 Å². The largest absolute Gasteiger partial charge is 0.493 e. The number of carbonyl (C=O) groups excluding carboxylic acids is 1. The van der Waals surface area contributed by atoms with Crippen molar-refractivity contribution in [1.29, 1.82) is 0 Å². The van der Waals surface area contributed by atoms with E-state index >= 15 is 0 Å². The van der Waals surface area contributed by atoms with Crippen molar-refractivity contribution in [2.45, 2.75) is 52.5 Å². The van der Waals surface area contributed by atoms with E-state index in [0.29, 0.717) is 11.4 Å². The Labute approximate surface area is 108 Å². The highest BCUT2D eigenvalue weighted by molar-refractivity contribution is 6.01. The van der Waals surface area contributed by atoms with Gasteiger partial charge in [-0.3, -0.25) is 9.48 Å². The van der Waals surface area contributed by atoms with Crippen molar-refractivity contribution >= 4 is 5.78 Å². The Kier molecular flexibility index (Phi) is 3.46. The van der Waals surface area contributed by atoms with Crippen LogP contribution in [0.25, 0.3) is 0 Å². The predicted octanol–water partition coefficient (Wildman–Crippen LogP) is 3.24. The Balaban J connectivity index is 2.42. The number of hydrogen-bond donors (Lipinski definition) is 0. The van der Waals surface area contributed by atoms with Crippen molar-refractivity contribution in [3.8, 4) is 5.75 Å². The molecule has 0 aliphatic heterocycles. The summed E-state index contributed by atoms with van der Waals surface area (Å²) in [5, 5.41) is 4.28. The molecule has 0 radical (unpaired) electrons. The summed E-state index contributed by atoms with van der Waals surface area (Å²) in [6.45, 7) is 6.12. The Morgan fingerprint density at radius 1 is 1.44 bits per heavy atom. The summed E-state index contributed by atoms with van der Waals surface area (Å²) in [7, 11) is 1.59. The predicted molar refractivity (Wildman–Crippen MR) is 70.1 cm³/mol. The van der Waals surface area contributed by atoms with Crippen molar-refractivity contribution < 1.29 is 9.53 Å². The number of nitrogens with zero attached hydrogens (tertiary/aromatic N) is 2. The minimum atomic E-state index is -0.236. The summed E-state index contributed by atoms with van der Waals surface area (Å²) in [6.07, 6.45) is 5.86. The fraction of sp³-hybridized carbons (Fsp3) is 0.714. The van der Waals surface area contributed by atoms with E-state index in [2.05, 4.69) is 12.0 Å². The molecule has 4 heteroatoms. The van der Waals surface area contributed by atoms with Crippen molar-refractivity contribution in [3.05, 3.63) is 11.9 Å². The lowest BCUT2D eigenvalue weighted by molar-refractivity contribution is 0.0806. The lowest BCUT2D eigenvalue weighted by atomic mass is 9.82. The van der Waals surface area contributed by atoms with Crippen molar-refractivity contribution in [2.24, 2.45) is 5.41 Å². The zero-order valence-corrected chi connectivity index (χ0v) is 11.7. The molecule has 0 aromatic carbocycles. The quantitative estimate of drug-likeness (QED) is 0.770. The molecule has 1 aromatic rings. The van der Waals surface area contributed by atoms with Gasteiger partial charge in [-0.25, -0.2) is 0 Å². The van der Waals surface area contributed by atoms with Crippen LogP contribution in [0.5, 0.6) is 5.75 Å². The fourth-order valence-electron chi connectivity index (χ4n) is 2.77. The van der Waals surface area contributed by atoms with Crippen LogP contribution in [0.1, 0.15) is 63.0 Å². The van der Waals surface area contributed by atoms with Crippen LogP contribution in [0.15, 0.2) is 6.20 Å². The monoisotopic (exact) mass is 250 g/mol. The van der Waals surface area contributed by atoms with E-state index in [1.807, 2.05) is 13.8 Å². The number of ether oxygens (including phenoxy) is 1. The highest BCUT2D eigenvalue weighted by Gasteiger charge is 2.40. The first kappa shape index (κ1) is 13.1. The van der Waals surface area contributed by atoms with E-state index in [-0.39, 0.29) is 17.2 Å². The zero-order valence-electron chi connectivity index (χ0n) is 11.7. The maximum Gasteiger partial charge on any atom is 0.190 e. The molecule has 0 atom stereocenters. The minimum Gasteiger partial charge on any atom is -0.493 e. The summed E-state index contributed by atoms with van der Waals surface area (Å²) >= 11 is 0. The smallest absolute Gasteiger partial charge is 0.190 e. The van der Waals surface area contributed by atoms with Gasteiger partial charge >= 0.3 is 0 Å². The molecule has 1 heterocycles. The maximum absolute atomic E-state index is 12.8. The average Bonchev–Trinajstić information content (AvgIpc) is 2.94. The first-order valence-corrected chi connectivity index (χ1v) is 6.66. The van der Waals surface area contributed by atoms with E-state index in [9.17, 15) is 4.79 Å². The summed E-state index contributed by atoms with van der Waals surface area (Å²) in [5.41, 5.74) is 0.400. The van der Waals surface area contributed by atoms with Crippen LogP contribution in [0.3, 0.4) is 0 Å². The first-order chi connectivity index (χ1) is 8.49. The number of methoxy groups -OCH3 is 1. The molecular formula is C14H22N2O2. The van der Waals surface area contributed by atoms with Gasteiger partial charge in [-0.1, -0.05) is 19.8 Å². The summed E-state index contributed by atoms with van der Waals surface area (Å²) in [6, 6.07) is 0.165. The third kappa shape index (κ3) is 2.04. The Morgan fingerprint density at radius 2 is 2.06 bits per heavy atom. The molecule has 2 rings (SSSR count). The summed E-state index contributed by atoms with van der Waals surface area (Å²) < 4.78 is 7.08. The SMILES string of the molecule is COc1cnn(C(C)C)c1C(=O)C1(C)CCCC1. The van der Waals surface area contributed by atoms with Gasteiger partial charge in [0.25, 0.3) is 0 Å². The van der Waals surface area contributed by atoms with Crippen molar-refractivity contribution in [3.63, 3.8) is 0 Å². The summed E-state index contributed by atoms with van der Waals surface area (Å²) in [5.74, 6) is 0.782. The van der Waals surface area contributed by atoms with E-state index in [4.69, 9.17) is 4.74 Å². The Morgan fingerprint density at radius 3 is 2.56 bits per heavy atom. The average molecular weight is 250 g/mol. The topological polar surface area (TPSA) is 44.1 Å². The van der Waals surface area contributed by atoms with E-state index in [1.54, 1.807) is 18.0 Å². The zero-order chi connectivity index (χ0) is 13.3. The van der Waals surface area contributed by atoms with E-state index in [0.717, 1.165) is 25.7 Å². The Hall–Kier alpha value is -1.32. The summed E-state index contributed by atoms with van der Waals surface area (Å²) in [4.78, 5) is 12.8. The van der Waals surface area contributed by atoms with Crippen LogP contribution < -0.4 is 4.74 Å². The van der Waals surface area contributed by atoms with Gasteiger partial charge in [-0.05, 0) is 26.7 Å². The molecule has 100 valence electrons. The molecular weight excluding hydrogens is 228 g/mol. The number of carbonyl (C=O) groups is 1. The number of hydrogen-bond acceptors (Lipinski definition) is 3. The van der Waals surface area contributed by atoms with Gasteiger partial charge in [-0.2, -0.15) is 5.10 Å². The molecule has 1 aliphatic carbocycles. The second-order valence-corrected chi connectivity index (χ2v) is 5.70. The molecule has 1 fully saturated rings. The van der Waals surface area contributed by atoms with E-state index < -0.39 is 0 Å². The van der Waals surface area contributed by atoms with Crippen LogP contribution in [0, 0.1) is 5.41 Å². The molecule has 1 aliphatic rings. The molecule has 0 unspecified atom stereocenters. The molecule has 0 saturated heterocycles. The number of rotatable bonds is 4. The van der Waals surface area contributed by atoms with Gasteiger partial charge in [-0.15, -0.1) is 0 Å². The molecule has 1 aromatic heterocycles. The van der Waals surface area contributed by atoms with Gasteiger partial charge < -0.3 is 4.74 Å². The molecule has 0 spiro atoms. The third-order valence-electron chi connectivity index (χ3n) is 3.94. The normalized spacial score (nSPS) is 18.3. The molecule has 1 saturated carbocycles.